The molecule has 0 heterocycles. The molecule has 0 aliphatic heterocycles. The molecule has 0 saturated carbocycles. The van der Waals surface area contributed by atoms with E-state index in [1.807, 2.05) is 6.07 Å². The average molecular weight is 256 g/mol. The van der Waals surface area contributed by atoms with Gasteiger partial charge in [0, 0.05) is 0 Å². The van der Waals surface area contributed by atoms with Crippen LogP contribution in [0.5, 0.6) is 0 Å². The van der Waals surface area contributed by atoms with E-state index in [0.717, 1.165) is 11.1 Å². The third-order valence-corrected chi connectivity index (χ3v) is 2.61. The number of hydrogen-bond acceptors (Lipinski definition) is 2. The highest BCUT2D eigenvalue weighted by Crippen LogP contribution is 2.21. The van der Waals surface area contributed by atoms with Gasteiger partial charge in [-0.3, -0.25) is 0 Å². The summed E-state index contributed by atoms with van der Waals surface area (Å²) in [6, 6.07) is 13.1. The molecule has 96 valence electrons. The van der Waals surface area contributed by atoms with Crippen molar-refractivity contribution in [3.05, 3.63) is 72.6 Å². The molecule has 0 aromatic heterocycles. The van der Waals surface area contributed by atoms with Crippen molar-refractivity contribution in [3.8, 4) is 11.1 Å². The van der Waals surface area contributed by atoms with Crippen molar-refractivity contribution in [1.29, 1.82) is 0 Å². The Bertz CT molecular complexity index is 588. The van der Waals surface area contributed by atoms with Crippen molar-refractivity contribution >= 4 is 5.97 Å². The lowest BCUT2D eigenvalue weighted by Crippen LogP contribution is -2.04. The molecular weight excluding hydrogens is 243 g/mol. The Labute approximate surface area is 111 Å². The lowest BCUT2D eigenvalue weighted by molar-refractivity contribution is 0.0550. The Balaban J connectivity index is 2.26. The SMILES string of the molecule is C=CCOC(=O)c1cccc(-c2ccc(F)cc2)c1. The average Bonchev–Trinajstić information content (AvgIpc) is 2.45. The zero-order chi connectivity index (χ0) is 13.7. The van der Waals surface area contributed by atoms with Gasteiger partial charge in [-0.25, -0.2) is 9.18 Å². The van der Waals surface area contributed by atoms with Gasteiger partial charge in [-0.2, -0.15) is 0 Å². The fourth-order valence-electron chi connectivity index (χ4n) is 1.69. The minimum Gasteiger partial charge on any atom is -0.458 e. The van der Waals surface area contributed by atoms with E-state index in [9.17, 15) is 9.18 Å². The largest absolute Gasteiger partial charge is 0.458 e. The lowest BCUT2D eigenvalue weighted by Gasteiger charge is -2.05. The van der Waals surface area contributed by atoms with Crippen LogP contribution in [0.4, 0.5) is 4.39 Å². The van der Waals surface area contributed by atoms with Crippen LogP contribution in [-0.4, -0.2) is 12.6 Å². The van der Waals surface area contributed by atoms with Gasteiger partial charge in [-0.1, -0.05) is 36.9 Å². The predicted molar refractivity (Wildman–Crippen MR) is 72.3 cm³/mol. The highest BCUT2D eigenvalue weighted by molar-refractivity contribution is 5.91. The van der Waals surface area contributed by atoms with Crippen LogP contribution >= 0.6 is 0 Å². The minimum atomic E-state index is -0.399. The summed E-state index contributed by atoms with van der Waals surface area (Å²) >= 11 is 0. The summed E-state index contributed by atoms with van der Waals surface area (Å²) in [6.45, 7) is 3.67. The second-order valence-electron chi connectivity index (χ2n) is 3.97. The molecule has 0 aliphatic rings. The van der Waals surface area contributed by atoms with Crippen LogP contribution in [0.25, 0.3) is 11.1 Å². The molecule has 2 aromatic carbocycles. The maximum atomic E-state index is 12.9. The van der Waals surface area contributed by atoms with Gasteiger partial charge in [-0.15, -0.1) is 0 Å². The molecule has 2 rings (SSSR count). The highest BCUT2D eigenvalue weighted by atomic mass is 19.1. The minimum absolute atomic E-state index is 0.180. The van der Waals surface area contributed by atoms with Gasteiger partial charge in [0.15, 0.2) is 0 Å². The molecule has 0 bridgehead atoms. The number of carbonyl (C=O) groups is 1. The normalized spacial score (nSPS) is 9.95. The van der Waals surface area contributed by atoms with E-state index < -0.39 is 5.97 Å². The Morgan fingerprint density at radius 1 is 1.16 bits per heavy atom. The van der Waals surface area contributed by atoms with Crippen LogP contribution in [0.2, 0.25) is 0 Å². The van der Waals surface area contributed by atoms with Crippen molar-refractivity contribution in [3.63, 3.8) is 0 Å². The first kappa shape index (κ1) is 13.0. The third kappa shape index (κ3) is 3.28. The number of rotatable bonds is 4. The Kier molecular flexibility index (Phi) is 4.08. The molecule has 0 aliphatic carbocycles. The summed E-state index contributed by atoms with van der Waals surface area (Å²) < 4.78 is 17.8. The van der Waals surface area contributed by atoms with Crippen molar-refractivity contribution in [1.82, 2.24) is 0 Å². The van der Waals surface area contributed by atoms with Gasteiger partial charge in [0.25, 0.3) is 0 Å². The van der Waals surface area contributed by atoms with E-state index >= 15 is 0 Å². The summed E-state index contributed by atoms with van der Waals surface area (Å²) in [6.07, 6.45) is 1.52. The maximum Gasteiger partial charge on any atom is 0.338 e. The quantitative estimate of drug-likeness (QED) is 0.613. The Hall–Kier alpha value is -2.42. The molecule has 0 unspecified atom stereocenters. The molecule has 3 heteroatoms. The van der Waals surface area contributed by atoms with Crippen LogP contribution in [0.3, 0.4) is 0 Å². The van der Waals surface area contributed by atoms with Crippen molar-refractivity contribution in [2.24, 2.45) is 0 Å². The lowest BCUT2D eigenvalue weighted by atomic mass is 10.0. The fourth-order valence-corrected chi connectivity index (χ4v) is 1.69. The van der Waals surface area contributed by atoms with E-state index in [1.54, 1.807) is 30.3 Å². The summed E-state index contributed by atoms with van der Waals surface area (Å²) in [5, 5.41) is 0. The summed E-state index contributed by atoms with van der Waals surface area (Å²) in [5.74, 6) is -0.686. The first-order valence-electron chi connectivity index (χ1n) is 5.85. The molecule has 0 N–H and O–H groups in total. The van der Waals surface area contributed by atoms with Gasteiger partial charge in [-0.05, 0) is 35.4 Å². The molecule has 19 heavy (non-hydrogen) atoms. The molecular formula is C16H13FO2. The molecule has 2 aromatic rings. The number of benzene rings is 2. The van der Waals surface area contributed by atoms with Crippen LogP contribution in [-0.2, 0) is 4.74 Å². The monoisotopic (exact) mass is 256 g/mol. The Morgan fingerprint density at radius 2 is 1.89 bits per heavy atom. The van der Waals surface area contributed by atoms with Crippen molar-refractivity contribution in [2.75, 3.05) is 6.61 Å². The van der Waals surface area contributed by atoms with E-state index in [4.69, 9.17) is 4.74 Å². The van der Waals surface area contributed by atoms with Crippen molar-refractivity contribution in [2.45, 2.75) is 0 Å². The fraction of sp³-hybridized carbons (Fsp3) is 0.0625. The smallest absolute Gasteiger partial charge is 0.338 e. The molecule has 0 radical (unpaired) electrons. The van der Waals surface area contributed by atoms with Crippen LogP contribution in [0.1, 0.15) is 10.4 Å². The van der Waals surface area contributed by atoms with E-state index in [0.29, 0.717) is 5.56 Å². The van der Waals surface area contributed by atoms with E-state index in [2.05, 4.69) is 6.58 Å². The molecule has 0 saturated heterocycles. The highest BCUT2D eigenvalue weighted by Gasteiger charge is 2.07. The predicted octanol–water partition coefficient (Wildman–Crippen LogP) is 3.84. The van der Waals surface area contributed by atoms with E-state index in [-0.39, 0.29) is 12.4 Å². The number of hydrogen-bond donors (Lipinski definition) is 0. The van der Waals surface area contributed by atoms with Gasteiger partial charge < -0.3 is 4.74 Å². The number of ether oxygens (including phenoxy) is 1. The summed E-state index contributed by atoms with van der Waals surface area (Å²) in [4.78, 5) is 11.7. The first-order valence-corrected chi connectivity index (χ1v) is 5.85. The second kappa shape index (κ2) is 5.96. The standard InChI is InChI=1S/C16H13FO2/c1-2-10-19-16(18)14-5-3-4-13(11-14)12-6-8-15(17)9-7-12/h2-9,11H,1,10H2. The number of esters is 1. The van der Waals surface area contributed by atoms with Gasteiger partial charge in [0.1, 0.15) is 12.4 Å². The van der Waals surface area contributed by atoms with Crippen LogP contribution in [0.15, 0.2) is 61.2 Å². The molecule has 0 fully saturated rings. The second-order valence-corrected chi connectivity index (χ2v) is 3.97. The molecule has 0 spiro atoms. The van der Waals surface area contributed by atoms with Crippen LogP contribution < -0.4 is 0 Å². The first-order chi connectivity index (χ1) is 9.20. The topological polar surface area (TPSA) is 26.3 Å². The zero-order valence-electron chi connectivity index (χ0n) is 10.3. The zero-order valence-corrected chi connectivity index (χ0v) is 10.3. The Morgan fingerprint density at radius 3 is 2.58 bits per heavy atom. The van der Waals surface area contributed by atoms with Gasteiger partial charge >= 0.3 is 5.97 Å². The maximum absolute atomic E-state index is 12.9. The molecule has 0 atom stereocenters. The van der Waals surface area contributed by atoms with E-state index in [1.165, 1.54) is 18.2 Å². The molecule has 0 amide bonds. The summed E-state index contributed by atoms with van der Waals surface area (Å²) in [7, 11) is 0. The molecule has 2 nitrogen and oxygen atoms in total. The third-order valence-electron chi connectivity index (χ3n) is 2.61. The summed E-state index contributed by atoms with van der Waals surface area (Å²) in [5.41, 5.74) is 2.15. The number of carbonyl (C=O) groups excluding carboxylic acids is 1. The van der Waals surface area contributed by atoms with Crippen molar-refractivity contribution < 1.29 is 13.9 Å². The van der Waals surface area contributed by atoms with Crippen LogP contribution in [0, 0.1) is 5.82 Å². The van der Waals surface area contributed by atoms with Gasteiger partial charge in [0.05, 0.1) is 5.56 Å². The van der Waals surface area contributed by atoms with Gasteiger partial charge in [0.2, 0.25) is 0 Å². The number of halogens is 1.